The van der Waals surface area contributed by atoms with Crippen LogP contribution in [0.3, 0.4) is 0 Å². The van der Waals surface area contributed by atoms with Crippen LogP contribution in [0.1, 0.15) is 105 Å². The third kappa shape index (κ3) is 24.4. The number of nitrogens with two attached hydrogens (primary N) is 2. The summed E-state index contributed by atoms with van der Waals surface area (Å²) in [6, 6.07) is 32.8. The van der Waals surface area contributed by atoms with E-state index in [1.165, 1.54) is 58.8 Å². The minimum atomic E-state index is -0.317. The first kappa shape index (κ1) is 61.0. The van der Waals surface area contributed by atoms with Crippen LogP contribution in [-0.2, 0) is 9.59 Å². The molecule has 0 spiro atoms. The summed E-state index contributed by atoms with van der Waals surface area (Å²) in [5, 5.41) is 14.2. The van der Waals surface area contributed by atoms with Crippen LogP contribution in [0.25, 0.3) is 22.3 Å². The van der Waals surface area contributed by atoms with E-state index < -0.39 is 0 Å². The number of hydrogen-bond acceptors (Lipinski definition) is 18. The van der Waals surface area contributed by atoms with E-state index in [2.05, 4.69) is 119 Å². The molecule has 0 radical (unpaired) electrons. The first-order chi connectivity index (χ1) is 38.1. The van der Waals surface area contributed by atoms with Gasteiger partial charge in [0, 0.05) is 53.0 Å². The summed E-state index contributed by atoms with van der Waals surface area (Å²) in [4.78, 5) is 47.8. The highest BCUT2D eigenvalue weighted by molar-refractivity contribution is 5.88. The number of aromatic nitrogens is 6. The van der Waals surface area contributed by atoms with E-state index in [0.29, 0.717) is 70.9 Å². The van der Waals surface area contributed by atoms with Gasteiger partial charge in [-0.2, -0.15) is 29.9 Å². The van der Waals surface area contributed by atoms with E-state index in [1.54, 1.807) is 0 Å². The van der Waals surface area contributed by atoms with Gasteiger partial charge in [0.25, 0.3) is 0 Å². The van der Waals surface area contributed by atoms with Gasteiger partial charge < -0.3 is 51.1 Å². The predicted molar refractivity (Wildman–Crippen MR) is 310 cm³/mol. The lowest BCUT2D eigenvalue weighted by Crippen LogP contribution is -2.19. The number of rotatable bonds is 36. The zero-order chi connectivity index (χ0) is 55.4. The fourth-order valence-electron chi connectivity index (χ4n) is 7.45. The monoisotopic (exact) mass is 1070 g/mol. The average molecular weight is 1070 g/mol. The van der Waals surface area contributed by atoms with Gasteiger partial charge in [0.15, 0.2) is 0 Å². The molecule has 2 heterocycles. The molecule has 0 unspecified atom stereocenters. The fraction of sp³-hybridized carbons (Fsp3) is 0.448. The van der Waals surface area contributed by atoms with E-state index in [9.17, 15) is 9.59 Å². The largest absolute Gasteiger partial charge is 0.494 e. The molecule has 0 fully saturated rings. The van der Waals surface area contributed by atoms with Gasteiger partial charge in [0.05, 0.1) is 33.0 Å². The Kier molecular flexibility index (Phi) is 28.3. The van der Waals surface area contributed by atoms with Crippen LogP contribution in [0.15, 0.2) is 97.1 Å². The SMILES string of the molecule is CCCCCCCOc1ccc(-c2ccc(OCCCOc3nc(NCCN)nc(NCCN)n3)cc2)cc1.CCCCCCOc1ccc(-c2ccc(OCCCCNc3nc(NC(C)=O)nc(NC(C)=O)n3)cc2)cc1. The van der Waals surface area contributed by atoms with Gasteiger partial charge in [-0.05, 0) is 96.5 Å². The molecule has 6 rings (SSSR count). The van der Waals surface area contributed by atoms with Crippen LogP contribution in [-0.4, -0.2) is 107 Å². The highest BCUT2D eigenvalue weighted by atomic mass is 16.5. The number of anilines is 5. The molecule has 9 N–H and O–H groups in total. The molecule has 20 nitrogen and oxygen atoms in total. The van der Waals surface area contributed by atoms with Crippen molar-refractivity contribution >= 4 is 41.6 Å². The van der Waals surface area contributed by atoms with Crippen LogP contribution in [0.2, 0.25) is 0 Å². The number of benzene rings is 4. The molecule has 0 aliphatic heterocycles. The Bertz CT molecular complexity index is 2550. The highest BCUT2D eigenvalue weighted by Crippen LogP contribution is 2.27. The molecule has 6 aromatic rings. The van der Waals surface area contributed by atoms with Gasteiger partial charge in [0.1, 0.15) is 23.0 Å². The topological polar surface area (TPSA) is 270 Å². The molecule has 0 saturated carbocycles. The second kappa shape index (κ2) is 36.2. The van der Waals surface area contributed by atoms with Crippen molar-refractivity contribution in [3.05, 3.63) is 97.1 Å². The van der Waals surface area contributed by atoms with E-state index in [0.717, 1.165) is 84.1 Å². The molecule has 0 aliphatic rings. The third-order valence-electron chi connectivity index (χ3n) is 11.5. The summed E-state index contributed by atoms with van der Waals surface area (Å²) in [6.45, 7) is 12.8. The van der Waals surface area contributed by atoms with Crippen molar-refractivity contribution in [3.8, 4) is 51.3 Å². The molecule has 78 heavy (non-hydrogen) atoms. The van der Waals surface area contributed by atoms with Crippen LogP contribution < -0.4 is 61.7 Å². The molecule has 4 aromatic carbocycles. The van der Waals surface area contributed by atoms with Gasteiger partial charge in [-0.15, -0.1) is 0 Å². The van der Waals surface area contributed by atoms with Crippen molar-refractivity contribution in [2.24, 2.45) is 11.5 Å². The number of nitrogens with one attached hydrogen (secondary N) is 5. The predicted octanol–water partition coefficient (Wildman–Crippen LogP) is 10.2. The van der Waals surface area contributed by atoms with Gasteiger partial charge in [0.2, 0.25) is 41.6 Å². The molecule has 0 saturated heterocycles. The Morgan fingerprint density at radius 1 is 0.372 bits per heavy atom. The first-order valence-electron chi connectivity index (χ1n) is 27.4. The lowest BCUT2D eigenvalue weighted by Gasteiger charge is -2.11. The van der Waals surface area contributed by atoms with E-state index in [1.807, 2.05) is 48.5 Å². The Morgan fingerprint density at radius 2 is 0.679 bits per heavy atom. The normalized spacial score (nSPS) is 10.6. The maximum atomic E-state index is 11.3. The molecule has 20 heteroatoms. The standard InChI is InChI=1S/C29H43N7O3.C29H38N6O4/c1-2-3-4-5-6-20-37-25-12-8-23(9-13-25)24-10-14-26(15-11-24)38-21-7-22-39-29-35-27(32-18-16-30)34-28(36-29)33-19-17-31;1-4-5-6-8-19-38-25-14-10-23(11-15-25)24-12-16-26(17-13-24)39-20-9-7-18-30-27-33-28(31-21(2)36)35-29(34-27)32-22(3)37/h8-15H,2-7,16-22,30-31H2,1H3,(H2,32,33,34,35,36);10-17H,4-9,18-20H2,1-3H3,(H3,30,31,32,33,34,35,36,37). The van der Waals surface area contributed by atoms with Gasteiger partial charge in [-0.25, -0.2) is 0 Å². The molecule has 0 atom stereocenters. The number of hydrogen-bond donors (Lipinski definition) is 7. The summed E-state index contributed by atoms with van der Waals surface area (Å²) in [6.07, 6.45) is 13.3. The Morgan fingerprint density at radius 3 is 1.06 bits per heavy atom. The number of unbranched alkanes of at least 4 members (excludes halogenated alkanes) is 8. The van der Waals surface area contributed by atoms with Crippen LogP contribution >= 0.6 is 0 Å². The van der Waals surface area contributed by atoms with Gasteiger partial charge >= 0.3 is 6.01 Å². The molecule has 2 amide bonds. The van der Waals surface area contributed by atoms with Crippen LogP contribution in [0, 0.1) is 0 Å². The number of ether oxygens (including phenoxy) is 5. The zero-order valence-electron chi connectivity index (χ0n) is 46.0. The first-order valence-corrected chi connectivity index (χ1v) is 27.4. The second-order valence-electron chi connectivity index (χ2n) is 18.2. The molecule has 0 aliphatic carbocycles. The summed E-state index contributed by atoms with van der Waals surface area (Å²) < 4.78 is 29.2. The number of carbonyl (C=O) groups is 2. The van der Waals surface area contributed by atoms with Crippen molar-refractivity contribution < 1.29 is 33.3 Å². The van der Waals surface area contributed by atoms with Crippen LogP contribution in [0.5, 0.6) is 29.0 Å². The molecular formula is C58H81N13O7. The summed E-state index contributed by atoms with van der Waals surface area (Å²) in [7, 11) is 0. The minimum absolute atomic E-state index is 0.0672. The van der Waals surface area contributed by atoms with Crippen molar-refractivity contribution in [1.82, 2.24) is 29.9 Å². The maximum absolute atomic E-state index is 11.3. The van der Waals surface area contributed by atoms with E-state index in [4.69, 9.17) is 35.2 Å². The lowest BCUT2D eigenvalue weighted by atomic mass is 10.1. The molecule has 2 aromatic heterocycles. The zero-order valence-corrected chi connectivity index (χ0v) is 46.0. The minimum Gasteiger partial charge on any atom is -0.494 e. The smallest absolute Gasteiger partial charge is 0.323 e. The highest BCUT2D eigenvalue weighted by Gasteiger charge is 2.11. The quantitative estimate of drug-likeness (QED) is 0.0180. The molecular weight excluding hydrogens is 991 g/mol. The average Bonchev–Trinajstić information content (AvgIpc) is 3.44. The summed E-state index contributed by atoms with van der Waals surface area (Å²) >= 11 is 0. The number of carbonyl (C=O) groups excluding carboxylic acids is 2. The van der Waals surface area contributed by atoms with Crippen LogP contribution in [0.4, 0.5) is 29.7 Å². The molecule has 0 bridgehead atoms. The summed E-state index contributed by atoms with van der Waals surface area (Å²) in [5.41, 5.74) is 15.6. The fourth-order valence-corrected chi connectivity index (χ4v) is 7.45. The number of amides is 2. The van der Waals surface area contributed by atoms with Crippen molar-refractivity contribution in [2.45, 2.75) is 105 Å². The Balaban J connectivity index is 0.000000287. The van der Waals surface area contributed by atoms with E-state index >= 15 is 0 Å². The maximum Gasteiger partial charge on any atom is 0.323 e. The third-order valence-corrected chi connectivity index (χ3v) is 11.5. The van der Waals surface area contributed by atoms with Gasteiger partial charge in [-0.3, -0.25) is 20.2 Å². The Hall–Kier alpha value is -7.84. The molecule has 420 valence electrons. The Labute approximate surface area is 460 Å². The van der Waals surface area contributed by atoms with E-state index in [-0.39, 0.29) is 35.7 Å². The summed E-state index contributed by atoms with van der Waals surface area (Å²) in [5.74, 6) is 4.02. The number of nitrogens with zero attached hydrogens (tertiary/aromatic N) is 6. The van der Waals surface area contributed by atoms with Crippen molar-refractivity contribution in [2.75, 3.05) is 92.3 Å². The van der Waals surface area contributed by atoms with Gasteiger partial charge in [-0.1, -0.05) is 107 Å². The lowest BCUT2D eigenvalue weighted by molar-refractivity contribution is -0.115. The van der Waals surface area contributed by atoms with Crippen molar-refractivity contribution in [1.29, 1.82) is 0 Å². The van der Waals surface area contributed by atoms with Crippen molar-refractivity contribution in [3.63, 3.8) is 0 Å². The second-order valence-corrected chi connectivity index (χ2v) is 18.2.